The average Bonchev–Trinajstić information content (AvgIpc) is 3.10. The molecule has 0 saturated heterocycles. The van der Waals surface area contributed by atoms with Crippen LogP contribution in [0.1, 0.15) is 121 Å². The Morgan fingerprint density at radius 3 is 1.80 bits per heavy atom. The number of phenols is 1. The standard InChI is InChI=1S/C39H51Cl3N2O6S/c1-3-5-6-7-8-9-10-11-12-13-14-15-16-17-24-50-29-19-21-30(22-20-29)51(48,49)37(4-2)39(47)43-34-27-36(45)35(26-33(34)42)44-38(46)28-18-23-31(40)32(41)25-28/h18-23,25-27,37,45H,3-17,24H2,1-2H3,(H,43,47)(H,44,46). The number of nitrogens with one attached hydrogen (secondary N) is 2. The van der Waals surface area contributed by atoms with Gasteiger partial charge < -0.3 is 20.5 Å². The number of carbonyl (C=O) groups excluding carboxylic acids is 2. The Kier molecular flexibility index (Phi) is 18.4. The Bertz CT molecular complexity index is 1670. The fraction of sp³-hybridized carbons (Fsp3) is 0.487. The quantitative estimate of drug-likeness (QED) is 0.0650. The molecule has 3 aromatic rings. The van der Waals surface area contributed by atoms with Gasteiger partial charge in [-0.05, 0) is 61.4 Å². The van der Waals surface area contributed by atoms with Crippen LogP contribution in [0.25, 0.3) is 0 Å². The van der Waals surface area contributed by atoms with Crippen molar-refractivity contribution in [1.82, 2.24) is 0 Å². The molecule has 280 valence electrons. The highest BCUT2D eigenvalue weighted by Crippen LogP contribution is 2.35. The fourth-order valence-electron chi connectivity index (χ4n) is 5.72. The van der Waals surface area contributed by atoms with Crippen LogP contribution in [0.3, 0.4) is 0 Å². The minimum atomic E-state index is -4.07. The van der Waals surface area contributed by atoms with Gasteiger partial charge in [0.1, 0.15) is 16.7 Å². The van der Waals surface area contributed by atoms with Gasteiger partial charge in [0.25, 0.3) is 5.91 Å². The minimum absolute atomic E-state index is 0.00701. The first kappa shape index (κ1) is 42.4. The normalized spacial score (nSPS) is 12.0. The molecule has 0 aliphatic heterocycles. The predicted octanol–water partition coefficient (Wildman–Crippen LogP) is 11.7. The van der Waals surface area contributed by atoms with Crippen molar-refractivity contribution in [2.45, 2.75) is 120 Å². The van der Waals surface area contributed by atoms with Gasteiger partial charge in [-0.2, -0.15) is 0 Å². The van der Waals surface area contributed by atoms with Crippen LogP contribution in [0.15, 0.2) is 59.5 Å². The van der Waals surface area contributed by atoms with Gasteiger partial charge in [-0.25, -0.2) is 8.42 Å². The number of halogens is 3. The third-order valence-corrected chi connectivity index (χ3v) is 12.0. The van der Waals surface area contributed by atoms with E-state index in [-0.39, 0.29) is 43.3 Å². The molecule has 8 nitrogen and oxygen atoms in total. The molecule has 1 unspecified atom stereocenters. The molecule has 3 aromatic carbocycles. The molecule has 2 amide bonds. The van der Waals surface area contributed by atoms with Gasteiger partial charge in [0, 0.05) is 11.6 Å². The first-order valence-electron chi connectivity index (χ1n) is 18.0. The van der Waals surface area contributed by atoms with Crippen LogP contribution in [-0.2, 0) is 14.6 Å². The molecule has 3 N–H and O–H groups in total. The molecule has 0 aliphatic carbocycles. The van der Waals surface area contributed by atoms with Crippen LogP contribution in [0.4, 0.5) is 11.4 Å². The number of phenolic OH excluding ortho intramolecular Hbond substituents is 1. The second-order valence-electron chi connectivity index (χ2n) is 12.8. The zero-order chi connectivity index (χ0) is 37.2. The summed E-state index contributed by atoms with van der Waals surface area (Å²) in [7, 11) is -4.07. The molecule has 0 aromatic heterocycles. The summed E-state index contributed by atoms with van der Waals surface area (Å²) in [4.78, 5) is 25.9. The maximum absolute atomic E-state index is 13.5. The van der Waals surface area contributed by atoms with E-state index in [1.54, 1.807) is 19.1 Å². The topological polar surface area (TPSA) is 122 Å². The molecule has 0 aliphatic rings. The van der Waals surface area contributed by atoms with E-state index in [4.69, 9.17) is 39.5 Å². The Morgan fingerprint density at radius 2 is 1.25 bits per heavy atom. The highest BCUT2D eigenvalue weighted by Gasteiger charge is 2.33. The molecule has 51 heavy (non-hydrogen) atoms. The summed E-state index contributed by atoms with van der Waals surface area (Å²) in [6.07, 6.45) is 17.9. The van der Waals surface area contributed by atoms with E-state index in [0.717, 1.165) is 18.9 Å². The zero-order valence-electron chi connectivity index (χ0n) is 29.6. The lowest BCUT2D eigenvalue weighted by atomic mass is 10.0. The third-order valence-electron chi connectivity index (χ3n) is 8.73. The lowest BCUT2D eigenvalue weighted by Crippen LogP contribution is -2.34. The summed E-state index contributed by atoms with van der Waals surface area (Å²) in [6, 6.07) is 12.8. The van der Waals surface area contributed by atoms with Crippen LogP contribution in [0.5, 0.6) is 11.5 Å². The molecule has 0 bridgehead atoms. The summed E-state index contributed by atoms with van der Waals surface area (Å²) >= 11 is 18.3. The lowest BCUT2D eigenvalue weighted by molar-refractivity contribution is -0.115. The maximum Gasteiger partial charge on any atom is 0.255 e. The summed E-state index contributed by atoms with van der Waals surface area (Å²) in [5.74, 6) is -1.23. The summed E-state index contributed by atoms with van der Waals surface area (Å²) in [5, 5.41) is 14.6. The number of unbranched alkanes of at least 4 members (excludes halogenated alkanes) is 13. The van der Waals surface area contributed by atoms with E-state index in [1.165, 1.54) is 113 Å². The average molecular weight is 782 g/mol. The van der Waals surface area contributed by atoms with Gasteiger partial charge in [-0.1, -0.05) is 132 Å². The molecule has 3 rings (SSSR count). The minimum Gasteiger partial charge on any atom is -0.506 e. The smallest absolute Gasteiger partial charge is 0.255 e. The molecule has 0 radical (unpaired) electrons. The number of hydrogen-bond donors (Lipinski definition) is 3. The van der Waals surface area contributed by atoms with Crippen molar-refractivity contribution in [1.29, 1.82) is 0 Å². The van der Waals surface area contributed by atoms with Crippen LogP contribution in [0.2, 0.25) is 15.1 Å². The molecule has 0 saturated carbocycles. The van der Waals surface area contributed by atoms with E-state index in [1.807, 2.05) is 0 Å². The van der Waals surface area contributed by atoms with Crippen molar-refractivity contribution in [3.63, 3.8) is 0 Å². The van der Waals surface area contributed by atoms with E-state index in [9.17, 15) is 23.1 Å². The van der Waals surface area contributed by atoms with E-state index >= 15 is 0 Å². The van der Waals surface area contributed by atoms with Crippen LogP contribution >= 0.6 is 34.8 Å². The Hall–Kier alpha value is -2.98. The summed E-state index contributed by atoms with van der Waals surface area (Å²) in [5.41, 5.74) is 0.144. The number of anilines is 2. The first-order valence-corrected chi connectivity index (χ1v) is 20.7. The highest BCUT2D eigenvalue weighted by atomic mass is 35.5. The Labute approximate surface area is 318 Å². The fourth-order valence-corrected chi connectivity index (χ4v) is 7.86. The SMILES string of the molecule is CCCCCCCCCCCCCCCCOc1ccc(S(=O)(=O)C(CC)C(=O)Nc2cc(O)c(NC(=O)c3ccc(Cl)c(Cl)c3)cc2Cl)cc1. The van der Waals surface area contributed by atoms with Crippen molar-refractivity contribution in [2.75, 3.05) is 17.2 Å². The molecule has 0 fully saturated rings. The molecule has 0 heterocycles. The number of amides is 2. The van der Waals surface area contributed by atoms with Crippen molar-refractivity contribution in [3.8, 4) is 11.5 Å². The lowest BCUT2D eigenvalue weighted by Gasteiger charge is -2.18. The number of hydrogen-bond acceptors (Lipinski definition) is 6. The van der Waals surface area contributed by atoms with Crippen molar-refractivity contribution < 1.29 is 27.9 Å². The van der Waals surface area contributed by atoms with Gasteiger partial charge in [0.05, 0.1) is 37.9 Å². The van der Waals surface area contributed by atoms with E-state index in [2.05, 4.69) is 17.6 Å². The van der Waals surface area contributed by atoms with Crippen molar-refractivity contribution in [2.24, 2.45) is 0 Å². The van der Waals surface area contributed by atoms with Crippen LogP contribution in [0, 0.1) is 0 Å². The zero-order valence-corrected chi connectivity index (χ0v) is 32.7. The monoisotopic (exact) mass is 780 g/mol. The van der Waals surface area contributed by atoms with Gasteiger partial charge in [0.2, 0.25) is 5.91 Å². The van der Waals surface area contributed by atoms with E-state index in [0.29, 0.717) is 12.4 Å². The molecule has 0 spiro atoms. The largest absolute Gasteiger partial charge is 0.506 e. The molecule has 12 heteroatoms. The van der Waals surface area contributed by atoms with Gasteiger partial charge in [0.15, 0.2) is 9.84 Å². The Balaban J connectivity index is 1.43. The summed E-state index contributed by atoms with van der Waals surface area (Å²) < 4.78 is 32.8. The number of ether oxygens (including phenoxy) is 1. The van der Waals surface area contributed by atoms with Gasteiger partial charge in [-0.15, -0.1) is 0 Å². The number of benzene rings is 3. The number of sulfone groups is 1. The summed E-state index contributed by atoms with van der Waals surface area (Å²) in [6.45, 7) is 4.40. The first-order chi connectivity index (χ1) is 24.5. The number of carbonyl (C=O) groups is 2. The third kappa shape index (κ3) is 13.8. The second kappa shape index (κ2) is 22.2. The maximum atomic E-state index is 13.5. The highest BCUT2D eigenvalue weighted by molar-refractivity contribution is 7.92. The molecule has 1 atom stereocenters. The van der Waals surface area contributed by atoms with Crippen LogP contribution in [-0.4, -0.2) is 37.2 Å². The number of rotatable bonds is 23. The second-order valence-corrected chi connectivity index (χ2v) is 16.1. The molecular formula is C39H51Cl3N2O6S. The Morgan fingerprint density at radius 1 is 0.686 bits per heavy atom. The van der Waals surface area contributed by atoms with Crippen molar-refractivity contribution in [3.05, 3.63) is 75.2 Å². The van der Waals surface area contributed by atoms with Crippen molar-refractivity contribution >= 4 is 67.8 Å². The number of aromatic hydroxyl groups is 1. The van der Waals surface area contributed by atoms with Gasteiger partial charge in [-0.3, -0.25) is 9.59 Å². The van der Waals surface area contributed by atoms with E-state index < -0.39 is 32.7 Å². The van der Waals surface area contributed by atoms with Crippen LogP contribution < -0.4 is 15.4 Å². The van der Waals surface area contributed by atoms with Gasteiger partial charge >= 0.3 is 0 Å². The molecular weight excluding hydrogens is 731 g/mol. The predicted molar refractivity (Wildman–Crippen MR) is 210 cm³/mol.